The Bertz CT molecular complexity index is 612. The minimum absolute atomic E-state index is 0.229. The third-order valence-corrected chi connectivity index (χ3v) is 5.73. The van der Waals surface area contributed by atoms with Gasteiger partial charge in [0.15, 0.2) is 0 Å². The molecule has 0 saturated carbocycles. The van der Waals surface area contributed by atoms with Crippen LogP contribution in [-0.2, 0) is 0 Å². The number of aliphatic hydroxyl groups is 1. The predicted octanol–water partition coefficient (Wildman–Crippen LogP) is 4.94. The third-order valence-electron chi connectivity index (χ3n) is 4.87. The van der Waals surface area contributed by atoms with Gasteiger partial charge >= 0.3 is 0 Å². The fourth-order valence-corrected chi connectivity index (χ4v) is 4.28. The van der Waals surface area contributed by atoms with Crippen molar-refractivity contribution in [1.82, 2.24) is 4.90 Å². The number of carbonyl (C=O) groups excluding carboxylic acids is 1. The zero-order chi connectivity index (χ0) is 18.1. The van der Waals surface area contributed by atoms with E-state index >= 15 is 0 Å². The number of benzene rings is 1. The summed E-state index contributed by atoms with van der Waals surface area (Å²) in [5.74, 6) is 0.818. The molecule has 2 aromatic rings. The summed E-state index contributed by atoms with van der Waals surface area (Å²) in [6.45, 7) is 3.10. The highest BCUT2D eigenvalue weighted by Crippen LogP contribution is 2.34. The van der Waals surface area contributed by atoms with E-state index in [1.807, 2.05) is 17.5 Å². The number of thiophene rings is 1. The summed E-state index contributed by atoms with van der Waals surface area (Å²) in [5.41, 5.74) is 1.43. The summed E-state index contributed by atoms with van der Waals surface area (Å²) >= 11 is 1.56. The second kappa shape index (κ2) is 10.4. The molecule has 1 aliphatic rings. The van der Waals surface area contributed by atoms with E-state index in [9.17, 15) is 4.79 Å². The summed E-state index contributed by atoms with van der Waals surface area (Å²) in [4.78, 5) is 15.8. The van der Waals surface area contributed by atoms with Crippen LogP contribution in [0.15, 0.2) is 47.8 Å². The summed E-state index contributed by atoms with van der Waals surface area (Å²) in [6, 6.07) is 15.1. The quantitative estimate of drug-likeness (QED) is 0.822. The van der Waals surface area contributed by atoms with E-state index in [0.717, 1.165) is 37.8 Å². The van der Waals surface area contributed by atoms with E-state index in [1.165, 1.54) is 18.4 Å². The Hall–Kier alpha value is -1.65. The van der Waals surface area contributed by atoms with Crippen LogP contribution in [0.4, 0.5) is 0 Å². The molecule has 3 nitrogen and oxygen atoms in total. The second-order valence-electron chi connectivity index (χ2n) is 6.40. The highest BCUT2D eigenvalue weighted by atomic mass is 32.1. The highest BCUT2D eigenvalue weighted by molar-refractivity contribution is 7.12. The van der Waals surface area contributed by atoms with Crippen LogP contribution in [0.3, 0.4) is 0 Å². The molecule has 1 fully saturated rings. The van der Waals surface area contributed by atoms with Crippen molar-refractivity contribution in [3.8, 4) is 0 Å². The number of nitrogens with zero attached hydrogens (tertiary/aromatic N) is 1. The number of rotatable bonds is 5. The van der Waals surface area contributed by atoms with Crippen molar-refractivity contribution in [1.29, 1.82) is 0 Å². The van der Waals surface area contributed by atoms with Crippen molar-refractivity contribution in [2.24, 2.45) is 0 Å². The van der Waals surface area contributed by atoms with E-state index < -0.39 is 0 Å². The fraction of sp³-hybridized carbons (Fsp3) is 0.476. The maximum Gasteiger partial charge on any atom is 0.264 e. The number of unbranched alkanes of at least 4 members (excludes halogenated alkanes) is 1. The third kappa shape index (κ3) is 5.16. The summed E-state index contributed by atoms with van der Waals surface area (Å²) in [6.07, 6.45) is 5.68. The number of hydrogen-bond donors (Lipinski definition) is 1. The summed E-state index contributed by atoms with van der Waals surface area (Å²) in [7, 11) is 1.00. The van der Waals surface area contributed by atoms with Gasteiger partial charge in [-0.15, -0.1) is 11.3 Å². The average Bonchev–Trinajstić information content (AvgIpc) is 3.23. The Kier molecular flexibility index (Phi) is 8.16. The van der Waals surface area contributed by atoms with Gasteiger partial charge < -0.3 is 10.0 Å². The average molecular weight is 360 g/mol. The zero-order valence-electron chi connectivity index (χ0n) is 15.2. The first kappa shape index (κ1) is 19.7. The minimum atomic E-state index is 0.229. The van der Waals surface area contributed by atoms with Gasteiger partial charge in [0.1, 0.15) is 0 Å². The lowest BCUT2D eigenvalue weighted by molar-refractivity contribution is 0.0580. The van der Waals surface area contributed by atoms with Crippen molar-refractivity contribution in [2.75, 3.05) is 13.7 Å². The van der Waals surface area contributed by atoms with Gasteiger partial charge in [-0.1, -0.05) is 56.2 Å². The van der Waals surface area contributed by atoms with Gasteiger partial charge in [-0.25, -0.2) is 0 Å². The van der Waals surface area contributed by atoms with Crippen LogP contribution in [0.1, 0.15) is 60.2 Å². The SMILES string of the molecule is CCCC[C@H]1C[C@H](c2ccccc2)CCN1C(=O)c1cccs1.CO. The van der Waals surface area contributed by atoms with Crippen molar-refractivity contribution < 1.29 is 9.90 Å². The van der Waals surface area contributed by atoms with E-state index in [0.29, 0.717) is 12.0 Å². The van der Waals surface area contributed by atoms with Crippen LogP contribution >= 0.6 is 11.3 Å². The van der Waals surface area contributed by atoms with Crippen LogP contribution in [0, 0.1) is 0 Å². The van der Waals surface area contributed by atoms with E-state index in [2.05, 4.69) is 42.2 Å². The normalized spacial score (nSPS) is 19.9. The van der Waals surface area contributed by atoms with E-state index in [-0.39, 0.29) is 5.91 Å². The van der Waals surface area contributed by atoms with Crippen molar-refractivity contribution in [3.63, 3.8) is 0 Å². The monoisotopic (exact) mass is 359 g/mol. The molecule has 3 rings (SSSR count). The van der Waals surface area contributed by atoms with E-state index in [4.69, 9.17) is 5.11 Å². The van der Waals surface area contributed by atoms with Gasteiger partial charge in [0.25, 0.3) is 5.91 Å². The Morgan fingerprint density at radius 3 is 2.60 bits per heavy atom. The van der Waals surface area contributed by atoms with Gasteiger partial charge in [0.2, 0.25) is 0 Å². The number of likely N-dealkylation sites (tertiary alicyclic amines) is 1. The molecule has 1 N–H and O–H groups in total. The van der Waals surface area contributed by atoms with Crippen LogP contribution in [0.25, 0.3) is 0 Å². The molecule has 0 unspecified atom stereocenters. The smallest absolute Gasteiger partial charge is 0.264 e. The molecule has 1 amide bonds. The lowest BCUT2D eigenvalue weighted by Crippen LogP contribution is -2.45. The lowest BCUT2D eigenvalue weighted by Gasteiger charge is -2.40. The topological polar surface area (TPSA) is 40.5 Å². The van der Waals surface area contributed by atoms with Gasteiger partial charge in [0, 0.05) is 19.7 Å². The standard InChI is InChI=1S/C20H25NOS.CH4O/c1-2-3-10-18-15-17(16-8-5-4-6-9-16)12-13-21(18)20(22)19-11-7-14-23-19;1-2/h4-9,11,14,17-18H,2-3,10,12-13,15H2,1H3;2H,1H3/t17-,18+;/m1./s1. The van der Waals surface area contributed by atoms with Crippen LogP contribution in [-0.4, -0.2) is 35.6 Å². The summed E-state index contributed by atoms with van der Waals surface area (Å²) in [5, 5.41) is 8.99. The number of carbonyl (C=O) groups is 1. The lowest BCUT2D eigenvalue weighted by atomic mass is 9.83. The molecule has 1 aromatic heterocycles. The molecule has 2 heterocycles. The number of aliphatic hydroxyl groups excluding tert-OH is 1. The molecule has 2 atom stereocenters. The minimum Gasteiger partial charge on any atom is -0.400 e. The Labute approximate surface area is 155 Å². The Balaban J connectivity index is 0.00000109. The van der Waals surface area contributed by atoms with Crippen LogP contribution < -0.4 is 0 Å². The molecule has 25 heavy (non-hydrogen) atoms. The molecule has 0 bridgehead atoms. The first-order valence-corrected chi connectivity index (χ1v) is 10.0. The first-order valence-electron chi connectivity index (χ1n) is 9.13. The predicted molar refractivity (Wildman–Crippen MR) is 105 cm³/mol. The van der Waals surface area contributed by atoms with E-state index in [1.54, 1.807) is 11.3 Å². The molecular weight excluding hydrogens is 330 g/mol. The number of amides is 1. The van der Waals surface area contributed by atoms with Crippen LogP contribution in [0.2, 0.25) is 0 Å². The van der Waals surface area contributed by atoms with Crippen molar-refractivity contribution in [2.45, 2.75) is 51.0 Å². The molecule has 0 radical (unpaired) electrons. The van der Waals surface area contributed by atoms with Gasteiger partial charge in [-0.05, 0) is 42.2 Å². The Morgan fingerprint density at radius 2 is 1.96 bits per heavy atom. The first-order chi connectivity index (χ1) is 12.3. The molecular formula is C21H29NO2S. The number of piperidine rings is 1. The molecule has 1 aliphatic heterocycles. The fourth-order valence-electron chi connectivity index (χ4n) is 3.60. The molecule has 0 spiro atoms. The Morgan fingerprint density at radius 1 is 1.20 bits per heavy atom. The largest absolute Gasteiger partial charge is 0.400 e. The second-order valence-corrected chi connectivity index (χ2v) is 7.35. The van der Waals surface area contributed by atoms with Gasteiger partial charge in [0.05, 0.1) is 4.88 Å². The van der Waals surface area contributed by atoms with Gasteiger partial charge in [-0.3, -0.25) is 4.79 Å². The molecule has 0 aliphatic carbocycles. The van der Waals surface area contributed by atoms with Crippen molar-refractivity contribution >= 4 is 17.2 Å². The zero-order valence-corrected chi connectivity index (χ0v) is 16.0. The molecule has 1 aromatic carbocycles. The molecule has 136 valence electrons. The maximum absolute atomic E-state index is 12.8. The highest BCUT2D eigenvalue weighted by Gasteiger charge is 2.32. The van der Waals surface area contributed by atoms with Crippen molar-refractivity contribution in [3.05, 3.63) is 58.3 Å². The molecule has 1 saturated heterocycles. The van der Waals surface area contributed by atoms with Crippen LogP contribution in [0.5, 0.6) is 0 Å². The molecule has 4 heteroatoms. The number of hydrogen-bond acceptors (Lipinski definition) is 3. The maximum atomic E-state index is 12.8. The summed E-state index contributed by atoms with van der Waals surface area (Å²) < 4.78 is 0. The van der Waals surface area contributed by atoms with Gasteiger partial charge in [-0.2, -0.15) is 0 Å².